The molecule has 0 bridgehead atoms. The van der Waals surface area contributed by atoms with Crippen LogP contribution in [0.2, 0.25) is 0 Å². The molecule has 0 radical (unpaired) electrons. The molecule has 14 heavy (non-hydrogen) atoms. The summed E-state index contributed by atoms with van der Waals surface area (Å²) in [5.41, 5.74) is 9.49. The first-order chi connectivity index (χ1) is 6.86. The summed E-state index contributed by atoms with van der Waals surface area (Å²) in [5, 5.41) is 3.50. The molecule has 0 amide bonds. The van der Waals surface area contributed by atoms with Gasteiger partial charge in [0.25, 0.3) is 0 Å². The topological polar surface area (TPSA) is 47.3 Å². The molecule has 74 valence electrons. The van der Waals surface area contributed by atoms with Gasteiger partial charge in [0, 0.05) is 24.2 Å². The summed E-state index contributed by atoms with van der Waals surface area (Å²) in [7, 11) is 0. The summed E-state index contributed by atoms with van der Waals surface area (Å²) < 4.78 is 5.22. The van der Waals surface area contributed by atoms with E-state index in [0.29, 0.717) is 12.0 Å². The summed E-state index contributed by atoms with van der Waals surface area (Å²) in [6.45, 7) is 2.67. The highest BCUT2D eigenvalue weighted by Gasteiger charge is 2.34. The third-order valence-electron chi connectivity index (χ3n) is 3.22. The van der Waals surface area contributed by atoms with Crippen molar-refractivity contribution in [3.63, 3.8) is 0 Å². The molecule has 2 aliphatic heterocycles. The van der Waals surface area contributed by atoms with Crippen molar-refractivity contribution in [2.45, 2.75) is 12.6 Å². The molecule has 1 aromatic rings. The van der Waals surface area contributed by atoms with Crippen molar-refractivity contribution >= 4 is 5.69 Å². The van der Waals surface area contributed by atoms with Crippen LogP contribution in [-0.2, 0) is 11.3 Å². The van der Waals surface area contributed by atoms with Gasteiger partial charge < -0.3 is 15.8 Å². The maximum absolute atomic E-state index is 5.92. The summed E-state index contributed by atoms with van der Waals surface area (Å²) in [6, 6.07) is 6.64. The van der Waals surface area contributed by atoms with Gasteiger partial charge in [0.2, 0.25) is 0 Å². The van der Waals surface area contributed by atoms with Crippen molar-refractivity contribution in [3.8, 4) is 0 Å². The molecule has 0 aromatic heterocycles. The molecular weight excluding hydrogens is 176 g/mol. The van der Waals surface area contributed by atoms with Crippen LogP contribution in [0.3, 0.4) is 0 Å². The maximum Gasteiger partial charge on any atom is 0.0534 e. The van der Waals surface area contributed by atoms with E-state index in [1.54, 1.807) is 0 Å². The lowest BCUT2D eigenvalue weighted by molar-refractivity contribution is -0.0487. The lowest BCUT2D eigenvalue weighted by atomic mass is 9.91. The number of hydrogen-bond acceptors (Lipinski definition) is 3. The number of anilines is 1. The van der Waals surface area contributed by atoms with Crippen LogP contribution in [0.5, 0.6) is 0 Å². The molecular formula is C11H14N2O. The van der Waals surface area contributed by atoms with Crippen LogP contribution in [0.4, 0.5) is 5.69 Å². The van der Waals surface area contributed by atoms with Gasteiger partial charge in [-0.3, -0.25) is 0 Å². The van der Waals surface area contributed by atoms with Crippen molar-refractivity contribution in [3.05, 3.63) is 29.3 Å². The molecule has 1 saturated heterocycles. The number of ether oxygens (including phenoxy) is 1. The Morgan fingerprint density at radius 1 is 1.36 bits per heavy atom. The fourth-order valence-electron chi connectivity index (χ4n) is 2.31. The second kappa shape index (κ2) is 2.97. The molecule has 0 saturated carbocycles. The second-order valence-electron chi connectivity index (χ2n) is 4.07. The minimum Gasteiger partial charge on any atom is -0.398 e. The molecule has 1 atom stereocenters. The molecule has 3 nitrogen and oxygen atoms in total. The lowest BCUT2D eigenvalue weighted by Crippen LogP contribution is -2.37. The number of nitrogen functional groups attached to an aromatic ring is 1. The zero-order chi connectivity index (χ0) is 9.54. The van der Waals surface area contributed by atoms with Crippen LogP contribution >= 0.6 is 0 Å². The molecule has 2 aliphatic rings. The summed E-state index contributed by atoms with van der Waals surface area (Å²) >= 11 is 0. The number of nitrogens with one attached hydrogen (secondary N) is 1. The Balaban J connectivity index is 1.97. The van der Waals surface area contributed by atoms with Crippen LogP contribution < -0.4 is 11.1 Å². The zero-order valence-electron chi connectivity index (χ0n) is 7.99. The maximum atomic E-state index is 5.92. The normalized spacial score (nSPS) is 25.9. The number of fused-ring (bicyclic) bond motifs is 1. The highest BCUT2D eigenvalue weighted by Crippen LogP contribution is 2.36. The van der Waals surface area contributed by atoms with Crippen LogP contribution in [-0.4, -0.2) is 13.2 Å². The van der Waals surface area contributed by atoms with Crippen molar-refractivity contribution in [2.75, 3.05) is 18.9 Å². The standard InChI is InChI=1S/C11H14N2O/c12-10-3-1-2-8-9(10)4-13-11(8)7-5-14-6-7/h1-3,7,11,13H,4-6,12H2. The van der Waals surface area contributed by atoms with Gasteiger partial charge >= 0.3 is 0 Å². The fourth-order valence-corrected chi connectivity index (χ4v) is 2.31. The number of rotatable bonds is 1. The molecule has 0 aliphatic carbocycles. The smallest absolute Gasteiger partial charge is 0.0534 e. The monoisotopic (exact) mass is 190 g/mol. The fraction of sp³-hybridized carbons (Fsp3) is 0.455. The third kappa shape index (κ3) is 1.06. The molecule has 3 heteroatoms. The van der Waals surface area contributed by atoms with Crippen LogP contribution in [0.15, 0.2) is 18.2 Å². The number of benzene rings is 1. The highest BCUT2D eigenvalue weighted by atomic mass is 16.5. The molecule has 2 heterocycles. The van der Waals surface area contributed by atoms with Crippen molar-refractivity contribution in [2.24, 2.45) is 5.92 Å². The predicted octanol–water partition coefficient (Wildman–Crippen LogP) is 1.06. The van der Waals surface area contributed by atoms with E-state index in [0.717, 1.165) is 25.4 Å². The van der Waals surface area contributed by atoms with E-state index in [1.807, 2.05) is 12.1 Å². The number of nitrogens with two attached hydrogens (primary N) is 1. The summed E-state index contributed by atoms with van der Waals surface area (Å²) in [5.74, 6) is 0.637. The van der Waals surface area contributed by atoms with Gasteiger partial charge in [-0.25, -0.2) is 0 Å². The van der Waals surface area contributed by atoms with Gasteiger partial charge in [-0.1, -0.05) is 12.1 Å². The zero-order valence-corrected chi connectivity index (χ0v) is 7.99. The molecule has 3 N–H and O–H groups in total. The SMILES string of the molecule is Nc1cccc2c1CNC2C1COC1. The van der Waals surface area contributed by atoms with Gasteiger partial charge in [0.05, 0.1) is 13.2 Å². The van der Waals surface area contributed by atoms with Gasteiger partial charge in [0.15, 0.2) is 0 Å². The van der Waals surface area contributed by atoms with E-state index in [9.17, 15) is 0 Å². The van der Waals surface area contributed by atoms with Crippen LogP contribution in [0, 0.1) is 5.92 Å². The van der Waals surface area contributed by atoms with Crippen molar-refractivity contribution in [1.29, 1.82) is 0 Å². The Kier molecular flexibility index (Phi) is 1.75. The molecule has 3 rings (SSSR count). The van der Waals surface area contributed by atoms with Gasteiger partial charge in [0.1, 0.15) is 0 Å². The van der Waals surface area contributed by atoms with E-state index in [-0.39, 0.29) is 0 Å². The van der Waals surface area contributed by atoms with Crippen molar-refractivity contribution in [1.82, 2.24) is 5.32 Å². The minimum atomic E-state index is 0.460. The van der Waals surface area contributed by atoms with Crippen molar-refractivity contribution < 1.29 is 4.74 Å². The first-order valence-electron chi connectivity index (χ1n) is 5.04. The summed E-state index contributed by atoms with van der Waals surface area (Å²) in [6.07, 6.45) is 0. The first-order valence-corrected chi connectivity index (χ1v) is 5.04. The highest BCUT2D eigenvalue weighted by molar-refractivity contribution is 5.54. The Hall–Kier alpha value is -1.06. The van der Waals surface area contributed by atoms with Crippen LogP contribution in [0.25, 0.3) is 0 Å². The minimum absolute atomic E-state index is 0.460. The van der Waals surface area contributed by atoms with E-state index in [1.165, 1.54) is 11.1 Å². The third-order valence-corrected chi connectivity index (χ3v) is 3.22. The summed E-state index contributed by atoms with van der Waals surface area (Å²) in [4.78, 5) is 0. The van der Waals surface area contributed by atoms with Gasteiger partial charge in [-0.05, 0) is 17.2 Å². The van der Waals surface area contributed by atoms with E-state index in [2.05, 4.69) is 11.4 Å². The Labute approximate surface area is 83.2 Å². The quantitative estimate of drug-likeness (QED) is 0.651. The number of hydrogen-bond donors (Lipinski definition) is 2. The molecule has 1 aromatic carbocycles. The Bertz CT molecular complexity index is 360. The predicted molar refractivity (Wildman–Crippen MR) is 54.7 cm³/mol. The first kappa shape index (κ1) is 8.26. The van der Waals surface area contributed by atoms with Gasteiger partial charge in [-0.2, -0.15) is 0 Å². The molecule has 1 fully saturated rings. The average Bonchev–Trinajstić information content (AvgIpc) is 2.48. The molecule has 1 unspecified atom stereocenters. The van der Waals surface area contributed by atoms with E-state index < -0.39 is 0 Å². The lowest BCUT2D eigenvalue weighted by Gasteiger charge is -2.32. The van der Waals surface area contributed by atoms with E-state index in [4.69, 9.17) is 10.5 Å². The second-order valence-corrected chi connectivity index (χ2v) is 4.07. The Morgan fingerprint density at radius 3 is 2.93 bits per heavy atom. The van der Waals surface area contributed by atoms with Crippen LogP contribution in [0.1, 0.15) is 17.2 Å². The van der Waals surface area contributed by atoms with Gasteiger partial charge in [-0.15, -0.1) is 0 Å². The Morgan fingerprint density at radius 2 is 2.21 bits per heavy atom. The largest absolute Gasteiger partial charge is 0.398 e. The molecule has 0 spiro atoms. The van der Waals surface area contributed by atoms with E-state index >= 15 is 0 Å². The average molecular weight is 190 g/mol.